The van der Waals surface area contributed by atoms with Crippen LogP contribution in [-0.2, 0) is 4.79 Å². The van der Waals surface area contributed by atoms with Gasteiger partial charge in [0.25, 0.3) is 0 Å². The molecule has 3 heteroatoms. The van der Waals surface area contributed by atoms with Crippen molar-refractivity contribution in [2.24, 2.45) is 0 Å². The van der Waals surface area contributed by atoms with Gasteiger partial charge < -0.3 is 5.32 Å². The van der Waals surface area contributed by atoms with E-state index < -0.39 is 0 Å². The Bertz CT molecular complexity index is 424. The molecule has 1 aromatic carbocycles. The van der Waals surface area contributed by atoms with Crippen LogP contribution in [-0.4, -0.2) is 30.9 Å². The van der Waals surface area contributed by atoms with Crippen LogP contribution in [0.25, 0.3) is 0 Å². The lowest BCUT2D eigenvalue weighted by atomic mass is 9.92. The second kappa shape index (κ2) is 5.53. The first-order valence-electron chi connectivity index (χ1n) is 6.62. The van der Waals surface area contributed by atoms with Crippen LogP contribution in [0.15, 0.2) is 24.3 Å². The summed E-state index contributed by atoms with van der Waals surface area (Å²) in [5.74, 6) is 0.124. The standard InChI is InChI=1S/C15H22N2O/c1-11-7-4-5-10-13(11)14(17(2)3)15(18)16-12-8-6-9-12/h4-5,7,10,12,14H,6,8-9H2,1-3H3,(H,16,18). The zero-order valence-electron chi connectivity index (χ0n) is 11.4. The number of benzene rings is 1. The minimum atomic E-state index is -0.188. The third-order valence-corrected chi connectivity index (χ3v) is 3.70. The smallest absolute Gasteiger partial charge is 0.242 e. The Balaban J connectivity index is 2.17. The van der Waals surface area contributed by atoms with E-state index in [0.29, 0.717) is 6.04 Å². The molecular weight excluding hydrogens is 224 g/mol. The maximum atomic E-state index is 12.4. The summed E-state index contributed by atoms with van der Waals surface area (Å²) in [7, 11) is 3.91. The number of nitrogens with zero attached hydrogens (tertiary/aromatic N) is 1. The molecule has 0 saturated heterocycles. The topological polar surface area (TPSA) is 32.3 Å². The summed E-state index contributed by atoms with van der Waals surface area (Å²) < 4.78 is 0. The van der Waals surface area contributed by atoms with Crippen LogP contribution in [0.1, 0.15) is 36.4 Å². The Kier molecular flexibility index (Phi) is 4.02. The van der Waals surface area contributed by atoms with Crippen LogP contribution < -0.4 is 5.32 Å². The summed E-state index contributed by atoms with van der Waals surface area (Å²) in [4.78, 5) is 14.4. The molecule has 0 bridgehead atoms. The normalized spacial score (nSPS) is 17.3. The van der Waals surface area contributed by atoms with Crippen LogP contribution >= 0.6 is 0 Å². The van der Waals surface area contributed by atoms with Gasteiger partial charge >= 0.3 is 0 Å². The molecule has 1 aliphatic carbocycles. The molecule has 1 fully saturated rings. The van der Waals surface area contributed by atoms with E-state index in [9.17, 15) is 4.79 Å². The van der Waals surface area contributed by atoms with Crippen molar-refractivity contribution in [1.82, 2.24) is 10.2 Å². The first-order valence-corrected chi connectivity index (χ1v) is 6.62. The molecule has 18 heavy (non-hydrogen) atoms. The minimum absolute atomic E-state index is 0.124. The molecule has 1 atom stereocenters. The summed E-state index contributed by atoms with van der Waals surface area (Å²) in [6, 6.07) is 8.31. The molecule has 1 aliphatic rings. The molecule has 2 rings (SSSR count). The van der Waals surface area contributed by atoms with Gasteiger partial charge in [0.1, 0.15) is 6.04 Å². The third-order valence-electron chi connectivity index (χ3n) is 3.70. The van der Waals surface area contributed by atoms with Crippen molar-refractivity contribution in [3.8, 4) is 0 Å². The van der Waals surface area contributed by atoms with Gasteiger partial charge in [-0.25, -0.2) is 0 Å². The van der Waals surface area contributed by atoms with Crippen LogP contribution in [0, 0.1) is 6.92 Å². The summed E-state index contributed by atoms with van der Waals surface area (Å²) in [6.45, 7) is 2.06. The molecule has 1 amide bonds. The van der Waals surface area contributed by atoms with E-state index in [0.717, 1.165) is 18.4 Å². The molecule has 0 spiro atoms. The highest BCUT2D eigenvalue weighted by molar-refractivity contribution is 5.83. The molecule has 0 heterocycles. The Morgan fingerprint density at radius 2 is 2.00 bits per heavy atom. The third kappa shape index (κ3) is 2.72. The van der Waals surface area contributed by atoms with Crippen molar-refractivity contribution >= 4 is 5.91 Å². The first kappa shape index (κ1) is 13.1. The van der Waals surface area contributed by atoms with Crippen molar-refractivity contribution in [1.29, 1.82) is 0 Å². The Morgan fingerprint density at radius 3 is 2.50 bits per heavy atom. The monoisotopic (exact) mass is 246 g/mol. The summed E-state index contributed by atoms with van der Waals surface area (Å²) >= 11 is 0. The number of carbonyl (C=O) groups excluding carboxylic acids is 1. The van der Waals surface area contributed by atoms with Gasteiger partial charge in [-0.1, -0.05) is 24.3 Å². The lowest BCUT2D eigenvalue weighted by molar-refractivity contribution is -0.127. The fraction of sp³-hybridized carbons (Fsp3) is 0.533. The Labute approximate surface area is 109 Å². The Hall–Kier alpha value is -1.35. The lowest BCUT2D eigenvalue weighted by Crippen LogP contribution is -2.45. The number of amides is 1. The molecule has 1 aromatic rings. The predicted octanol–water partition coefficient (Wildman–Crippen LogP) is 2.27. The highest BCUT2D eigenvalue weighted by atomic mass is 16.2. The van der Waals surface area contributed by atoms with Crippen LogP contribution in [0.5, 0.6) is 0 Å². The molecule has 1 saturated carbocycles. The zero-order valence-corrected chi connectivity index (χ0v) is 11.4. The van der Waals surface area contributed by atoms with Crippen molar-refractivity contribution in [3.05, 3.63) is 35.4 Å². The average molecular weight is 246 g/mol. The summed E-state index contributed by atoms with van der Waals surface area (Å²) in [5, 5.41) is 3.14. The van der Waals surface area contributed by atoms with Gasteiger partial charge in [0, 0.05) is 6.04 Å². The van der Waals surface area contributed by atoms with Crippen molar-refractivity contribution < 1.29 is 4.79 Å². The number of likely N-dealkylation sites (N-methyl/N-ethyl adjacent to an activating group) is 1. The second-order valence-corrected chi connectivity index (χ2v) is 5.36. The SMILES string of the molecule is Cc1ccccc1C(C(=O)NC1CCC1)N(C)C. The van der Waals surface area contributed by atoms with Gasteiger partial charge in [-0.3, -0.25) is 9.69 Å². The van der Waals surface area contributed by atoms with Crippen molar-refractivity contribution in [2.45, 2.75) is 38.3 Å². The average Bonchev–Trinajstić information content (AvgIpc) is 2.26. The van der Waals surface area contributed by atoms with E-state index in [1.54, 1.807) is 0 Å². The van der Waals surface area contributed by atoms with Gasteiger partial charge in [-0.05, 0) is 51.4 Å². The number of nitrogens with one attached hydrogen (secondary N) is 1. The predicted molar refractivity (Wildman–Crippen MR) is 73.4 cm³/mol. The van der Waals surface area contributed by atoms with Gasteiger partial charge in [-0.2, -0.15) is 0 Å². The molecule has 0 aliphatic heterocycles. The molecule has 1 unspecified atom stereocenters. The fourth-order valence-electron chi connectivity index (χ4n) is 2.38. The highest BCUT2D eigenvalue weighted by Crippen LogP contribution is 2.24. The largest absolute Gasteiger partial charge is 0.352 e. The van der Waals surface area contributed by atoms with E-state index in [1.165, 1.54) is 12.0 Å². The van der Waals surface area contributed by atoms with E-state index in [1.807, 2.05) is 37.2 Å². The number of hydrogen-bond donors (Lipinski definition) is 1. The Morgan fingerprint density at radius 1 is 1.33 bits per heavy atom. The number of carbonyl (C=O) groups is 1. The molecule has 0 aromatic heterocycles. The highest BCUT2D eigenvalue weighted by Gasteiger charge is 2.28. The summed E-state index contributed by atoms with van der Waals surface area (Å²) in [5.41, 5.74) is 2.26. The lowest BCUT2D eigenvalue weighted by Gasteiger charge is -2.31. The quantitative estimate of drug-likeness (QED) is 0.884. The van der Waals surface area contributed by atoms with Gasteiger partial charge in [0.2, 0.25) is 5.91 Å². The van der Waals surface area contributed by atoms with Crippen molar-refractivity contribution in [2.75, 3.05) is 14.1 Å². The van der Waals surface area contributed by atoms with E-state index in [4.69, 9.17) is 0 Å². The van der Waals surface area contributed by atoms with Crippen LogP contribution in [0.2, 0.25) is 0 Å². The summed E-state index contributed by atoms with van der Waals surface area (Å²) in [6.07, 6.45) is 3.49. The molecule has 98 valence electrons. The second-order valence-electron chi connectivity index (χ2n) is 5.36. The molecule has 1 N–H and O–H groups in total. The minimum Gasteiger partial charge on any atom is -0.352 e. The van der Waals surface area contributed by atoms with E-state index in [2.05, 4.69) is 18.3 Å². The van der Waals surface area contributed by atoms with E-state index >= 15 is 0 Å². The number of aryl methyl sites for hydroxylation is 1. The molecule has 3 nitrogen and oxygen atoms in total. The maximum absolute atomic E-state index is 12.4. The number of hydrogen-bond acceptors (Lipinski definition) is 2. The fourth-order valence-corrected chi connectivity index (χ4v) is 2.38. The van der Waals surface area contributed by atoms with Gasteiger partial charge in [0.15, 0.2) is 0 Å². The van der Waals surface area contributed by atoms with E-state index in [-0.39, 0.29) is 11.9 Å². The van der Waals surface area contributed by atoms with Crippen LogP contribution in [0.4, 0.5) is 0 Å². The molecular formula is C15H22N2O. The van der Waals surface area contributed by atoms with Gasteiger partial charge in [-0.15, -0.1) is 0 Å². The maximum Gasteiger partial charge on any atom is 0.242 e. The zero-order chi connectivity index (χ0) is 13.1. The first-order chi connectivity index (χ1) is 8.59. The molecule has 0 radical (unpaired) electrons. The van der Waals surface area contributed by atoms with Crippen molar-refractivity contribution in [3.63, 3.8) is 0 Å². The van der Waals surface area contributed by atoms with Gasteiger partial charge in [0.05, 0.1) is 0 Å². The van der Waals surface area contributed by atoms with Crippen LogP contribution in [0.3, 0.4) is 0 Å². The number of rotatable bonds is 4.